The van der Waals surface area contributed by atoms with Gasteiger partial charge in [-0.1, -0.05) is 22.0 Å². The molecule has 25 heavy (non-hydrogen) atoms. The highest BCUT2D eigenvalue weighted by molar-refractivity contribution is 9.10. The smallest absolute Gasteiger partial charge is 0.340 e. The number of anilines is 2. The molecule has 4 N–H and O–H groups in total. The average molecular weight is 406 g/mol. The Morgan fingerprint density at radius 1 is 1.16 bits per heavy atom. The Bertz CT molecular complexity index is 823. The molecule has 8 heteroatoms. The molecule has 0 heterocycles. The Balaban J connectivity index is 1.96. The van der Waals surface area contributed by atoms with Crippen LogP contribution in [0.1, 0.15) is 20.7 Å². The zero-order chi connectivity index (χ0) is 18.4. The van der Waals surface area contributed by atoms with Crippen molar-refractivity contribution in [2.75, 3.05) is 24.7 Å². The standard InChI is InChI=1S/C17H16BrN3O4/c1-20-16(23)10-3-2-4-12(7-10)21-15(22)9-25-17(24)13-8-11(18)5-6-14(13)19/h2-8H,9,19H2,1H3,(H,20,23)(H,21,22). The van der Waals surface area contributed by atoms with Crippen LogP contribution in [0.5, 0.6) is 0 Å². The number of ether oxygens (including phenoxy) is 1. The first-order valence-electron chi connectivity index (χ1n) is 7.25. The van der Waals surface area contributed by atoms with E-state index in [0.29, 0.717) is 15.7 Å². The number of hydrogen-bond donors (Lipinski definition) is 3. The third-order valence-corrected chi connectivity index (χ3v) is 3.70. The van der Waals surface area contributed by atoms with Crippen LogP contribution in [0.3, 0.4) is 0 Å². The van der Waals surface area contributed by atoms with Crippen LogP contribution in [0.4, 0.5) is 11.4 Å². The molecule has 0 saturated heterocycles. The number of hydrogen-bond acceptors (Lipinski definition) is 5. The molecular weight excluding hydrogens is 390 g/mol. The lowest BCUT2D eigenvalue weighted by atomic mass is 10.2. The van der Waals surface area contributed by atoms with Gasteiger partial charge in [0.2, 0.25) is 0 Å². The minimum Gasteiger partial charge on any atom is -0.452 e. The summed E-state index contributed by atoms with van der Waals surface area (Å²) in [5.74, 6) is -1.50. The highest BCUT2D eigenvalue weighted by Crippen LogP contribution is 2.19. The van der Waals surface area contributed by atoms with Gasteiger partial charge in [0.05, 0.1) is 5.56 Å². The summed E-state index contributed by atoms with van der Waals surface area (Å²) in [7, 11) is 1.51. The van der Waals surface area contributed by atoms with Crippen LogP contribution >= 0.6 is 15.9 Å². The fraction of sp³-hybridized carbons (Fsp3) is 0.118. The number of halogens is 1. The summed E-state index contributed by atoms with van der Waals surface area (Å²) in [6.45, 7) is -0.477. The van der Waals surface area contributed by atoms with Gasteiger partial charge in [0.1, 0.15) is 0 Å². The summed E-state index contributed by atoms with van der Waals surface area (Å²) in [5, 5.41) is 5.05. The Morgan fingerprint density at radius 2 is 1.92 bits per heavy atom. The molecule has 0 fully saturated rings. The topological polar surface area (TPSA) is 111 Å². The molecule has 0 aliphatic rings. The first kappa shape index (κ1) is 18.5. The molecule has 2 rings (SSSR count). The van der Waals surface area contributed by atoms with Gasteiger partial charge in [0, 0.05) is 28.5 Å². The zero-order valence-electron chi connectivity index (χ0n) is 13.3. The molecule has 0 aliphatic carbocycles. The van der Waals surface area contributed by atoms with Gasteiger partial charge < -0.3 is 21.1 Å². The lowest BCUT2D eigenvalue weighted by molar-refractivity contribution is -0.119. The predicted molar refractivity (Wildman–Crippen MR) is 97.3 cm³/mol. The second kappa shape index (κ2) is 8.29. The number of benzene rings is 2. The number of carbonyl (C=O) groups is 3. The van der Waals surface area contributed by atoms with Crippen molar-refractivity contribution in [1.29, 1.82) is 0 Å². The minimum absolute atomic E-state index is 0.170. The molecule has 0 spiro atoms. The summed E-state index contributed by atoms with van der Waals surface area (Å²) >= 11 is 3.24. The normalized spacial score (nSPS) is 10.0. The van der Waals surface area contributed by atoms with Crippen molar-refractivity contribution < 1.29 is 19.1 Å². The van der Waals surface area contributed by atoms with Crippen LogP contribution in [-0.4, -0.2) is 31.4 Å². The molecule has 0 aliphatic heterocycles. The van der Waals surface area contributed by atoms with E-state index >= 15 is 0 Å². The first-order valence-corrected chi connectivity index (χ1v) is 8.04. The van der Waals surface area contributed by atoms with E-state index in [4.69, 9.17) is 10.5 Å². The van der Waals surface area contributed by atoms with Crippen molar-refractivity contribution in [2.45, 2.75) is 0 Å². The number of nitrogens with two attached hydrogens (primary N) is 1. The zero-order valence-corrected chi connectivity index (χ0v) is 14.9. The third-order valence-electron chi connectivity index (χ3n) is 3.21. The third kappa shape index (κ3) is 5.05. The second-order valence-electron chi connectivity index (χ2n) is 5.02. The fourth-order valence-corrected chi connectivity index (χ4v) is 2.35. The predicted octanol–water partition coefficient (Wildman–Crippen LogP) is 2.19. The maximum Gasteiger partial charge on any atom is 0.340 e. The van der Waals surface area contributed by atoms with E-state index in [-0.39, 0.29) is 17.2 Å². The molecule has 2 aromatic carbocycles. The molecule has 0 bridgehead atoms. The molecule has 0 saturated carbocycles. The number of amides is 2. The summed E-state index contributed by atoms with van der Waals surface area (Å²) in [4.78, 5) is 35.5. The first-order chi connectivity index (χ1) is 11.9. The lowest BCUT2D eigenvalue weighted by Gasteiger charge is -2.09. The second-order valence-corrected chi connectivity index (χ2v) is 5.93. The van der Waals surface area contributed by atoms with Crippen LogP contribution in [0.25, 0.3) is 0 Å². The molecule has 0 aromatic heterocycles. The van der Waals surface area contributed by atoms with Crippen molar-refractivity contribution in [3.8, 4) is 0 Å². The molecule has 2 aromatic rings. The lowest BCUT2D eigenvalue weighted by Crippen LogP contribution is -2.22. The summed E-state index contributed by atoms with van der Waals surface area (Å²) in [6, 6.07) is 11.2. The molecular formula is C17H16BrN3O4. The van der Waals surface area contributed by atoms with Gasteiger partial charge in [-0.2, -0.15) is 0 Å². The van der Waals surface area contributed by atoms with Gasteiger partial charge in [-0.15, -0.1) is 0 Å². The van der Waals surface area contributed by atoms with E-state index < -0.39 is 18.5 Å². The van der Waals surface area contributed by atoms with Crippen LogP contribution < -0.4 is 16.4 Å². The highest BCUT2D eigenvalue weighted by Gasteiger charge is 2.14. The van der Waals surface area contributed by atoms with Gasteiger partial charge in [-0.25, -0.2) is 4.79 Å². The molecule has 7 nitrogen and oxygen atoms in total. The monoisotopic (exact) mass is 405 g/mol. The maximum absolute atomic E-state index is 12.0. The highest BCUT2D eigenvalue weighted by atomic mass is 79.9. The Morgan fingerprint density at radius 3 is 2.64 bits per heavy atom. The summed E-state index contributed by atoms with van der Waals surface area (Å²) < 4.78 is 5.64. The van der Waals surface area contributed by atoms with Crippen LogP contribution in [-0.2, 0) is 9.53 Å². The number of carbonyl (C=O) groups excluding carboxylic acids is 3. The molecule has 130 valence electrons. The quantitative estimate of drug-likeness (QED) is 0.521. The summed E-state index contributed by atoms with van der Waals surface area (Å²) in [5.41, 5.74) is 6.97. The van der Waals surface area contributed by atoms with Crippen molar-refractivity contribution in [2.24, 2.45) is 0 Å². The Labute approximate surface area is 152 Å². The van der Waals surface area contributed by atoms with Crippen LogP contribution in [0, 0.1) is 0 Å². The minimum atomic E-state index is -0.701. The molecule has 0 unspecified atom stereocenters. The van der Waals surface area contributed by atoms with Gasteiger partial charge >= 0.3 is 5.97 Å². The van der Waals surface area contributed by atoms with Crippen molar-refractivity contribution in [3.05, 3.63) is 58.1 Å². The van der Waals surface area contributed by atoms with Crippen LogP contribution in [0.2, 0.25) is 0 Å². The number of nitrogens with one attached hydrogen (secondary N) is 2. The molecule has 2 amide bonds. The van der Waals surface area contributed by atoms with Crippen LogP contribution in [0.15, 0.2) is 46.9 Å². The van der Waals surface area contributed by atoms with E-state index in [1.165, 1.54) is 19.2 Å². The fourth-order valence-electron chi connectivity index (χ4n) is 1.99. The maximum atomic E-state index is 12.0. The van der Waals surface area contributed by atoms with E-state index in [2.05, 4.69) is 26.6 Å². The van der Waals surface area contributed by atoms with Gasteiger partial charge in [0.15, 0.2) is 6.61 Å². The molecule has 0 atom stereocenters. The largest absolute Gasteiger partial charge is 0.452 e. The SMILES string of the molecule is CNC(=O)c1cccc(NC(=O)COC(=O)c2cc(Br)ccc2N)c1. The van der Waals surface area contributed by atoms with E-state index in [0.717, 1.165) is 0 Å². The number of nitrogen functional groups attached to an aromatic ring is 1. The van der Waals surface area contributed by atoms with E-state index in [1.807, 2.05) is 0 Å². The Kier molecular flexibility index (Phi) is 6.13. The average Bonchev–Trinajstić information content (AvgIpc) is 2.61. The van der Waals surface area contributed by atoms with Gasteiger partial charge in [0.25, 0.3) is 11.8 Å². The number of rotatable bonds is 5. The van der Waals surface area contributed by atoms with Gasteiger partial charge in [-0.05, 0) is 36.4 Å². The van der Waals surface area contributed by atoms with Gasteiger partial charge in [-0.3, -0.25) is 9.59 Å². The Hall–Kier alpha value is -2.87. The van der Waals surface area contributed by atoms with Crippen molar-refractivity contribution in [3.63, 3.8) is 0 Å². The summed E-state index contributed by atoms with van der Waals surface area (Å²) in [6.07, 6.45) is 0. The van der Waals surface area contributed by atoms with E-state index in [9.17, 15) is 14.4 Å². The van der Waals surface area contributed by atoms with Crippen molar-refractivity contribution >= 4 is 45.1 Å². The molecule has 0 radical (unpaired) electrons. The number of esters is 1. The van der Waals surface area contributed by atoms with E-state index in [1.54, 1.807) is 30.3 Å². The van der Waals surface area contributed by atoms with Crippen molar-refractivity contribution in [1.82, 2.24) is 5.32 Å².